The van der Waals surface area contributed by atoms with Crippen molar-refractivity contribution >= 4 is 17.4 Å². The van der Waals surface area contributed by atoms with Gasteiger partial charge >= 0.3 is 0 Å². The van der Waals surface area contributed by atoms with Gasteiger partial charge < -0.3 is 19.7 Å². The fourth-order valence-electron chi connectivity index (χ4n) is 2.44. The molecule has 2 aromatic rings. The van der Waals surface area contributed by atoms with E-state index in [0.29, 0.717) is 18.7 Å². The van der Waals surface area contributed by atoms with Crippen LogP contribution >= 0.6 is 0 Å². The standard InChI is InChI=1S/C18H21N3O3/c22-18(8-11-24-16-4-2-1-3-5-16)20-15-6-7-17(19-14-15)21-9-12-23-13-10-21/h1-7,14H,8-13H2,(H,20,22). The lowest BCUT2D eigenvalue weighted by Gasteiger charge is -2.27. The third kappa shape index (κ3) is 4.70. The molecule has 1 aliphatic heterocycles. The minimum Gasteiger partial charge on any atom is -0.493 e. The predicted octanol–water partition coefficient (Wildman–Crippen LogP) is 2.33. The van der Waals surface area contributed by atoms with Gasteiger partial charge in [0, 0.05) is 13.1 Å². The van der Waals surface area contributed by atoms with Gasteiger partial charge in [0.2, 0.25) is 5.91 Å². The molecule has 3 rings (SSSR count). The molecule has 1 N–H and O–H groups in total. The third-order valence-corrected chi connectivity index (χ3v) is 3.71. The summed E-state index contributed by atoms with van der Waals surface area (Å²) in [5.41, 5.74) is 0.691. The molecule has 0 saturated carbocycles. The molecule has 1 aromatic carbocycles. The first-order valence-corrected chi connectivity index (χ1v) is 8.08. The number of ether oxygens (including phenoxy) is 2. The molecular weight excluding hydrogens is 306 g/mol. The Hall–Kier alpha value is -2.60. The van der Waals surface area contributed by atoms with Gasteiger partial charge in [0.15, 0.2) is 0 Å². The summed E-state index contributed by atoms with van der Waals surface area (Å²) in [4.78, 5) is 18.5. The summed E-state index contributed by atoms with van der Waals surface area (Å²) in [5, 5.41) is 2.83. The number of amides is 1. The lowest BCUT2D eigenvalue weighted by molar-refractivity contribution is -0.116. The summed E-state index contributed by atoms with van der Waals surface area (Å²) >= 11 is 0. The number of nitrogens with zero attached hydrogens (tertiary/aromatic N) is 2. The molecule has 24 heavy (non-hydrogen) atoms. The van der Waals surface area contributed by atoms with E-state index in [4.69, 9.17) is 9.47 Å². The minimum absolute atomic E-state index is 0.0909. The van der Waals surface area contributed by atoms with Crippen LogP contribution in [0.25, 0.3) is 0 Å². The topological polar surface area (TPSA) is 63.7 Å². The lowest BCUT2D eigenvalue weighted by atomic mass is 10.3. The van der Waals surface area contributed by atoms with Gasteiger partial charge in [-0.15, -0.1) is 0 Å². The van der Waals surface area contributed by atoms with Crippen molar-refractivity contribution in [2.24, 2.45) is 0 Å². The number of hydrogen-bond acceptors (Lipinski definition) is 5. The van der Waals surface area contributed by atoms with E-state index in [0.717, 1.165) is 37.9 Å². The van der Waals surface area contributed by atoms with Crippen molar-refractivity contribution in [3.05, 3.63) is 48.7 Å². The van der Waals surface area contributed by atoms with Gasteiger partial charge in [0.05, 0.1) is 38.1 Å². The SMILES string of the molecule is O=C(CCOc1ccccc1)Nc1ccc(N2CCOCC2)nc1. The highest BCUT2D eigenvalue weighted by molar-refractivity contribution is 5.90. The Bertz CT molecular complexity index is 640. The molecule has 1 saturated heterocycles. The van der Waals surface area contributed by atoms with Crippen molar-refractivity contribution in [3.8, 4) is 5.75 Å². The van der Waals surface area contributed by atoms with Crippen molar-refractivity contribution in [3.63, 3.8) is 0 Å². The Morgan fingerprint density at radius 2 is 1.96 bits per heavy atom. The second-order valence-electron chi connectivity index (χ2n) is 5.46. The number of para-hydroxylation sites is 1. The number of pyridine rings is 1. The highest BCUT2D eigenvalue weighted by Crippen LogP contribution is 2.15. The van der Waals surface area contributed by atoms with Gasteiger partial charge in [0.25, 0.3) is 0 Å². The molecule has 0 radical (unpaired) electrons. The number of anilines is 2. The fraction of sp³-hybridized carbons (Fsp3) is 0.333. The van der Waals surface area contributed by atoms with Crippen LogP contribution in [0.3, 0.4) is 0 Å². The van der Waals surface area contributed by atoms with E-state index in [9.17, 15) is 4.79 Å². The number of benzene rings is 1. The lowest BCUT2D eigenvalue weighted by Crippen LogP contribution is -2.36. The maximum atomic E-state index is 11.9. The molecule has 6 heteroatoms. The Labute approximate surface area is 141 Å². The van der Waals surface area contributed by atoms with Gasteiger partial charge in [-0.25, -0.2) is 4.98 Å². The average molecular weight is 327 g/mol. The molecule has 0 bridgehead atoms. The molecule has 6 nitrogen and oxygen atoms in total. The van der Waals surface area contributed by atoms with Crippen molar-refractivity contribution in [2.75, 3.05) is 43.1 Å². The molecular formula is C18H21N3O3. The highest BCUT2D eigenvalue weighted by Gasteiger charge is 2.12. The minimum atomic E-state index is -0.0909. The molecule has 1 aliphatic rings. The number of carbonyl (C=O) groups is 1. The van der Waals surface area contributed by atoms with Crippen LogP contribution in [0.15, 0.2) is 48.7 Å². The molecule has 126 valence electrons. The fourth-order valence-corrected chi connectivity index (χ4v) is 2.44. The van der Waals surface area contributed by atoms with E-state index < -0.39 is 0 Å². The van der Waals surface area contributed by atoms with Crippen LogP contribution in [0.5, 0.6) is 5.75 Å². The van der Waals surface area contributed by atoms with E-state index in [1.54, 1.807) is 6.20 Å². The van der Waals surface area contributed by atoms with Crippen molar-refractivity contribution in [1.29, 1.82) is 0 Å². The summed E-state index contributed by atoms with van der Waals surface area (Å²) in [6.45, 7) is 3.48. The van der Waals surface area contributed by atoms with Crippen LogP contribution in [0.4, 0.5) is 11.5 Å². The Morgan fingerprint density at radius 3 is 2.67 bits per heavy atom. The zero-order chi connectivity index (χ0) is 16.6. The van der Waals surface area contributed by atoms with Crippen LogP contribution in [-0.2, 0) is 9.53 Å². The van der Waals surface area contributed by atoms with Gasteiger partial charge in [-0.05, 0) is 24.3 Å². The summed E-state index contributed by atoms with van der Waals surface area (Å²) < 4.78 is 10.8. The molecule has 0 atom stereocenters. The Kier molecular flexibility index (Phi) is 5.63. The van der Waals surface area contributed by atoms with E-state index in [1.165, 1.54) is 0 Å². The summed E-state index contributed by atoms with van der Waals surface area (Å²) in [6, 6.07) is 13.2. The Morgan fingerprint density at radius 1 is 1.17 bits per heavy atom. The van der Waals surface area contributed by atoms with Crippen LogP contribution in [0.1, 0.15) is 6.42 Å². The van der Waals surface area contributed by atoms with E-state index in [1.807, 2.05) is 42.5 Å². The van der Waals surface area contributed by atoms with Crippen molar-refractivity contribution in [1.82, 2.24) is 4.98 Å². The van der Waals surface area contributed by atoms with Gasteiger partial charge in [-0.2, -0.15) is 0 Å². The van der Waals surface area contributed by atoms with Gasteiger partial charge in [0.1, 0.15) is 11.6 Å². The smallest absolute Gasteiger partial charge is 0.227 e. The zero-order valence-electron chi connectivity index (χ0n) is 13.5. The highest BCUT2D eigenvalue weighted by atomic mass is 16.5. The first kappa shape index (κ1) is 16.3. The van der Waals surface area contributed by atoms with Gasteiger partial charge in [-0.1, -0.05) is 18.2 Å². The van der Waals surface area contributed by atoms with Crippen molar-refractivity contribution < 1.29 is 14.3 Å². The molecule has 0 spiro atoms. The van der Waals surface area contributed by atoms with Crippen LogP contribution in [-0.4, -0.2) is 43.8 Å². The molecule has 1 fully saturated rings. The average Bonchev–Trinajstić information content (AvgIpc) is 2.64. The third-order valence-electron chi connectivity index (χ3n) is 3.71. The first-order chi connectivity index (χ1) is 11.8. The summed E-state index contributed by atoms with van der Waals surface area (Å²) in [6.07, 6.45) is 1.97. The number of hydrogen-bond donors (Lipinski definition) is 1. The number of nitrogens with one attached hydrogen (secondary N) is 1. The number of rotatable bonds is 6. The van der Waals surface area contributed by atoms with Gasteiger partial charge in [-0.3, -0.25) is 4.79 Å². The molecule has 1 aromatic heterocycles. The normalized spacial score (nSPS) is 14.2. The van der Waals surface area contributed by atoms with Crippen molar-refractivity contribution in [2.45, 2.75) is 6.42 Å². The summed E-state index contributed by atoms with van der Waals surface area (Å²) in [7, 11) is 0. The number of morpholine rings is 1. The predicted molar refractivity (Wildman–Crippen MR) is 92.5 cm³/mol. The van der Waals surface area contributed by atoms with Crippen LogP contribution in [0.2, 0.25) is 0 Å². The van der Waals surface area contributed by atoms with Crippen LogP contribution in [0, 0.1) is 0 Å². The molecule has 0 aliphatic carbocycles. The number of aromatic nitrogens is 1. The van der Waals surface area contributed by atoms with Crippen LogP contribution < -0.4 is 15.0 Å². The zero-order valence-corrected chi connectivity index (χ0v) is 13.5. The first-order valence-electron chi connectivity index (χ1n) is 8.08. The number of carbonyl (C=O) groups excluding carboxylic acids is 1. The second kappa shape index (κ2) is 8.31. The summed E-state index contributed by atoms with van der Waals surface area (Å²) in [5.74, 6) is 1.58. The molecule has 0 unspecified atom stereocenters. The maximum absolute atomic E-state index is 11.9. The quantitative estimate of drug-likeness (QED) is 0.882. The molecule has 1 amide bonds. The largest absolute Gasteiger partial charge is 0.493 e. The van der Waals surface area contributed by atoms with E-state index >= 15 is 0 Å². The van der Waals surface area contributed by atoms with E-state index in [2.05, 4.69) is 15.2 Å². The van der Waals surface area contributed by atoms with E-state index in [-0.39, 0.29) is 5.91 Å². The monoisotopic (exact) mass is 327 g/mol. The Balaban J connectivity index is 1.44. The second-order valence-corrected chi connectivity index (χ2v) is 5.46. The maximum Gasteiger partial charge on any atom is 0.227 e. The molecule has 2 heterocycles.